The van der Waals surface area contributed by atoms with Crippen LogP contribution >= 0.6 is 0 Å². The van der Waals surface area contributed by atoms with Crippen molar-refractivity contribution >= 4 is 0 Å². The molecular weight excluding hydrogens is 502 g/mol. The Bertz CT molecular complexity index is 1250. The third-order valence-electron chi connectivity index (χ3n) is 6.94. The Labute approximate surface area is 236 Å². The molecule has 1 saturated heterocycles. The summed E-state index contributed by atoms with van der Waals surface area (Å²) in [5.41, 5.74) is 4.44. The van der Waals surface area contributed by atoms with Gasteiger partial charge in [0.05, 0.1) is 33.5 Å². The van der Waals surface area contributed by atoms with E-state index < -0.39 is 0 Å². The Morgan fingerprint density at radius 1 is 0.600 bits per heavy atom. The number of methoxy groups -OCH3 is 1. The summed E-state index contributed by atoms with van der Waals surface area (Å²) in [5.74, 6) is 0.829. The van der Waals surface area contributed by atoms with Crippen LogP contribution in [0.1, 0.15) is 22.3 Å². The van der Waals surface area contributed by atoms with Gasteiger partial charge in [0.2, 0.25) is 0 Å². The maximum Gasteiger partial charge on any atom is 0.138 e. The van der Waals surface area contributed by atoms with E-state index in [-0.39, 0.29) is 24.5 Å². The van der Waals surface area contributed by atoms with Crippen LogP contribution in [-0.2, 0) is 45.3 Å². The first-order valence-electron chi connectivity index (χ1n) is 13.7. The fraction of sp³-hybridized carbons (Fsp3) is 0.294. The minimum atomic E-state index is -0.378. The summed E-state index contributed by atoms with van der Waals surface area (Å²) >= 11 is 0. The summed E-state index contributed by atoms with van der Waals surface area (Å²) in [5, 5.41) is 3.56. The molecule has 0 aliphatic carbocycles. The Hall–Kier alpha value is -3.52. The summed E-state index contributed by atoms with van der Waals surface area (Å²) < 4.78 is 31.1. The van der Waals surface area contributed by atoms with Gasteiger partial charge in [-0.3, -0.25) is 5.32 Å². The summed E-state index contributed by atoms with van der Waals surface area (Å²) in [6, 6.07) is 38.5. The van der Waals surface area contributed by atoms with E-state index in [1.807, 2.05) is 78.9 Å². The molecule has 0 bridgehead atoms. The molecule has 1 aliphatic heterocycles. The standard InChI is InChI=1S/C34H37NO5/c1-36-30-19-17-26(18-20-30)21-35-34-33(39-24-29-15-9-4-10-16-29)32(38-23-28-13-7-3-8-14-28)31(40-34)25-37-22-27-11-5-2-6-12-27/h2-20,31-35H,21-25H2,1H3/t31-,32-,33+,34?/m1/s1. The van der Waals surface area contributed by atoms with Gasteiger partial charge in [-0.15, -0.1) is 0 Å². The van der Waals surface area contributed by atoms with E-state index in [1.54, 1.807) is 7.11 Å². The lowest BCUT2D eigenvalue weighted by atomic mass is 10.1. The Kier molecular flexibility index (Phi) is 10.3. The first-order valence-corrected chi connectivity index (χ1v) is 13.7. The van der Waals surface area contributed by atoms with Crippen molar-refractivity contribution in [1.82, 2.24) is 5.32 Å². The highest BCUT2D eigenvalue weighted by Gasteiger charge is 2.46. The van der Waals surface area contributed by atoms with Gasteiger partial charge >= 0.3 is 0 Å². The minimum absolute atomic E-state index is 0.304. The lowest BCUT2D eigenvalue weighted by molar-refractivity contribution is -0.0900. The second-order valence-corrected chi connectivity index (χ2v) is 9.85. The van der Waals surface area contributed by atoms with E-state index in [2.05, 4.69) is 41.7 Å². The van der Waals surface area contributed by atoms with Crippen molar-refractivity contribution in [1.29, 1.82) is 0 Å². The molecule has 1 heterocycles. The van der Waals surface area contributed by atoms with Gasteiger partial charge < -0.3 is 23.7 Å². The van der Waals surface area contributed by atoms with Gasteiger partial charge in [0.1, 0.15) is 30.3 Å². The highest BCUT2D eigenvalue weighted by molar-refractivity contribution is 5.27. The van der Waals surface area contributed by atoms with E-state index in [1.165, 1.54) is 0 Å². The number of benzene rings is 4. The second kappa shape index (κ2) is 14.7. The van der Waals surface area contributed by atoms with E-state index in [9.17, 15) is 0 Å². The molecule has 4 aromatic rings. The summed E-state index contributed by atoms with van der Waals surface area (Å²) in [6.07, 6.45) is -1.35. The largest absolute Gasteiger partial charge is 0.497 e. The minimum Gasteiger partial charge on any atom is -0.497 e. The van der Waals surface area contributed by atoms with Crippen molar-refractivity contribution in [2.75, 3.05) is 13.7 Å². The summed E-state index contributed by atoms with van der Waals surface area (Å²) in [4.78, 5) is 0. The highest BCUT2D eigenvalue weighted by Crippen LogP contribution is 2.28. The van der Waals surface area contributed by atoms with Gasteiger partial charge in [-0.25, -0.2) is 0 Å². The molecule has 1 fully saturated rings. The maximum absolute atomic E-state index is 6.56. The maximum atomic E-state index is 6.56. The molecule has 5 rings (SSSR count). The van der Waals surface area contributed by atoms with Crippen molar-refractivity contribution in [3.8, 4) is 5.75 Å². The molecule has 0 spiro atoms. The Morgan fingerprint density at radius 2 is 1.12 bits per heavy atom. The van der Waals surface area contributed by atoms with Crippen LogP contribution in [0.5, 0.6) is 5.75 Å². The van der Waals surface area contributed by atoms with E-state index >= 15 is 0 Å². The molecule has 0 aromatic heterocycles. The zero-order valence-corrected chi connectivity index (χ0v) is 22.9. The lowest BCUT2D eigenvalue weighted by Crippen LogP contribution is -2.43. The molecular formula is C34H37NO5. The van der Waals surface area contributed by atoms with E-state index in [0.717, 1.165) is 28.0 Å². The Morgan fingerprint density at radius 3 is 1.68 bits per heavy atom. The third kappa shape index (κ3) is 8.01. The molecule has 40 heavy (non-hydrogen) atoms. The predicted molar refractivity (Wildman–Crippen MR) is 155 cm³/mol. The first kappa shape index (κ1) is 28.0. The molecule has 4 aromatic carbocycles. The molecule has 0 amide bonds. The van der Waals surface area contributed by atoms with Crippen molar-refractivity contribution in [3.63, 3.8) is 0 Å². The van der Waals surface area contributed by atoms with Crippen LogP contribution in [0.2, 0.25) is 0 Å². The fourth-order valence-electron chi connectivity index (χ4n) is 4.77. The van der Waals surface area contributed by atoms with Crippen molar-refractivity contribution in [2.24, 2.45) is 0 Å². The van der Waals surface area contributed by atoms with Gasteiger partial charge in [0.15, 0.2) is 0 Å². The molecule has 1 N–H and O–H groups in total. The topological polar surface area (TPSA) is 58.2 Å². The molecule has 1 aliphatic rings. The lowest BCUT2D eigenvalue weighted by Gasteiger charge is -2.25. The predicted octanol–water partition coefficient (Wildman–Crippen LogP) is 5.90. The van der Waals surface area contributed by atoms with Crippen LogP contribution in [0, 0.1) is 0 Å². The monoisotopic (exact) mass is 539 g/mol. The average Bonchev–Trinajstić information content (AvgIpc) is 3.35. The van der Waals surface area contributed by atoms with Crippen LogP contribution in [0.15, 0.2) is 115 Å². The first-order chi connectivity index (χ1) is 19.8. The number of nitrogens with one attached hydrogen (secondary N) is 1. The summed E-state index contributed by atoms with van der Waals surface area (Å²) in [6.45, 7) is 2.42. The number of ether oxygens (including phenoxy) is 5. The van der Waals surface area contributed by atoms with E-state index in [4.69, 9.17) is 23.7 Å². The number of hydrogen-bond acceptors (Lipinski definition) is 6. The van der Waals surface area contributed by atoms with Crippen LogP contribution in [0.25, 0.3) is 0 Å². The fourth-order valence-corrected chi connectivity index (χ4v) is 4.77. The third-order valence-corrected chi connectivity index (χ3v) is 6.94. The zero-order chi connectivity index (χ0) is 27.4. The van der Waals surface area contributed by atoms with Crippen LogP contribution in [-0.4, -0.2) is 38.3 Å². The zero-order valence-electron chi connectivity index (χ0n) is 22.9. The molecule has 0 saturated carbocycles. The van der Waals surface area contributed by atoms with Crippen LogP contribution < -0.4 is 10.1 Å². The van der Waals surface area contributed by atoms with E-state index in [0.29, 0.717) is 33.0 Å². The van der Waals surface area contributed by atoms with Gasteiger partial charge in [-0.05, 0) is 34.4 Å². The molecule has 0 radical (unpaired) electrons. The Balaban J connectivity index is 1.31. The van der Waals surface area contributed by atoms with Crippen LogP contribution in [0.3, 0.4) is 0 Å². The molecule has 208 valence electrons. The highest BCUT2D eigenvalue weighted by atomic mass is 16.6. The SMILES string of the molecule is COc1ccc(CNC2O[C@H](COCc3ccccc3)[C@@H](OCc3ccccc3)[C@@H]2OCc2ccccc2)cc1. The molecule has 6 nitrogen and oxygen atoms in total. The van der Waals surface area contributed by atoms with Crippen molar-refractivity contribution in [3.05, 3.63) is 138 Å². The van der Waals surface area contributed by atoms with Crippen molar-refractivity contribution < 1.29 is 23.7 Å². The molecule has 4 atom stereocenters. The van der Waals surface area contributed by atoms with Gasteiger partial charge in [0, 0.05) is 6.54 Å². The van der Waals surface area contributed by atoms with Crippen molar-refractivity contribution in [2.45, 2.75) is 50.9 Å². The average molecular weight is 540 g/mol. The smallest absolute Gasteiger partial charge is 0.138 e. The quantitative estimate of drug-likeness (QED) is 0.215. The number of hydrogen-bond donors (Lipinski definition) is 1. The molecule has 1 unspecified atom stereocenters. The van der Waals surface area contributed by atoms with Gasteiger partial charge in [-0.2, -0.15) is 0 Å². The second-order valence-electron chi connectivity index (χ2n) is 9.85. The normalized spacial score (nSPS) is 20.4. The summed E-state index contributed by atoms with van der Waals surface area (Å²) in [7, 11) is 1.67. The van der Waals surface area contributed by atoms with Gasteiger partial charge in [0.25, 0.3) is 0 Å². The van der Waals surface area contributed by atoms with Crippen LogP contribution in [0.4, 0.5) is 0 Å². The van der Waals surface area contributed by atoms with Gasteiger partial charge in [-0.1, -0.05) is 103 Å². The molecule has 6 heteroatoms. The number of rotatable bonds is 14.